The molecule has 0 bridgehead atoms. The molecule has 0 aliphatic heterocycles. The van der Waals surface area contributed by atoms with Crippen LogP contribution in [0.2, 0.25) is 0 Å². The molecule has 1 amide bonds. The van der Waals surface area contributed by atoms with Crippen molar-refractivity contribution in [2.75, 3.05) is 14.2 Å². The number of nitrogens with one attached hydrogen (secondary N) is 1. The van der Waals surface area contributed by atoms with Crippen LogP contribution in [-0.4, -0.2) is 20.1 Å². The van der Waals surface area contributed by atoms with Gasteiger partial charge in [0.25, 0.3) is 5.91 Å². The Morgan fingerprint density at radius 1 is 1.00 bits per heavy atom. The second-order valence-electron chi connectivity index (χ2n) is 4.68. The lowest BCUT2D eigenvalue weighted by Gasteiger charge is -2.15. The maximum absolute atomic E-state index is 12.3. The summed E-state index contributed by atoms with van der Waals surface area (Å²) in [5.41, 5.74) is 1.60. The standard InChI is InChI=1S/C17H19NO3/c1-12(13-7-5-4-6-8-13)18-17(19)14-9-10-15(20-2)16(11-14)21-3/h4-12H,1-3H3,(H,18,19)/t12-/m1/s1. The normalized spacial score (nSPS) is 11.6. The van der Waals surface area contributed by atoms with Crippen molar-refractivity contribution < 1.29 is 14.3 Å². The van der Waals surface area contributed by atoms with Gasteiger partial charge in [-0.25, -0.2) is 0 Å². The topological polar surface area (TPSA) is 47.6 Å². The molecule has 2 rings (SSSR count). The first-order valence-corrected chi connectivity index (χ1v) is 6.73. The zero-order chi connectivity index (χ0) is 15.2. The van der Waals surface area contributed by atoms with Gasteiger partial charge < -0.3 is 14.8 Å². The van der Waals surface area contributed by atoms with Crippen molar-refractivity contribution in [3.63, 3.8) is 0 Å². The molecule has 0 unspecified atom stereocenters. The third-order valence-corrected chi connectivity index (χ3v) is 3.29. The molecule has 0 saturated carbocycles. The molecular weight excluding hydrogens is 266 g/mol. The van der Waals surface area contributed by atoms with Crippen LogP contribution >= 0.6 is 0 Å². The molecule has 0 spiro atoms. The first kappa shape index (κ1) is 14.9. The number of carbonyl (C=O) groups excluding carboxylic acids is 1. The summed E-state index contributed by atoms with van der Waals surface area (Å²) in [4.78, 5) is 12.3. The predicted molar refractivity (Wildman–Crippen MR) is 81.9 cm³/mol. The number of hydrogen-bond acceptors (Lipinski definition) is 3. The molecule has 21 heavy (non-hydrogen) atoms. The van der Waals surface area contributed by atoms with Crippen molar-refractivity contribution in [1.29, 1.82) is 0 Å². The van der Waals surface area contributed by atoms with Crippen molar-refractivity contribution in [2.24, 2.45) is 0 Å². The minimum absolute atomic E-state index is 0.0632. The Kier molecular flexibility index (Phi) is 4.82. The second-order valence-corrected chi connectivity index (χ2v) is 4.68. The van der Waals surface area contributed by atoms with Crippen LogP contribution in [0.3, 0.4) is 0 Å². The van der Waals surface area contributed by atoms with Gasteiger partial charge in [0.15, 0.2) is 11.5 Å². The Hall–Kier alpha value is -2.49. The van der Waals surface area contributed by atoms with Gasteiger partial charge in [-0.2, -0.15) is 0 Å². The lowest BCUT2D eigenvalue weighted by Crippen LogP contribution is -2.26. The van der Waals surface area contributed by atoms with Crippen molar-refractivity contribution in [3.05, 3.63) is 59.7 Å². The van der Waals surface area contributed by atoms with E-state index in [1.807, 2.05) is 37.3 Å². The fraction of sp³-hybridized carbons (Fsp3) is 0.235. The van der Waals surface area contributed by atoms with Crippen molar-refractivity contribution in [1.82, 2.24) is 5.32 Å². The molecule has 4 heteroatoms. The maximum atomic E-state index is 12.3. The Morgan fingerprint density at radius 2 is 1.67 bits per heavy atom. The number of rotatable bonds is 5. The number of ether oxygens (including phenoxy) is 2. The third-order valence-electron chi connectivity index (χ3n) is 3.29. The van der Waals surface area contributed by atoms with Crippen LogP contribution in [0, 0.1) is 0 Å². The van der Waals surface area contributed by atoms with Crippen LogP contribution in [-0.2, 0) is 0 Å². The molecular formula is C17H19NO3. The van der Waals surface area contributed by atoms with Gasteiger partial charge in [-0.05, 0) is 30.7 Å². The monoisotopic (exact) mass is 285 g/mol. The summed E-state index contributed by atoms with van der Waals surface area (Å²) in [7, 11) is 3.11. The van der Waals surface area contributed by atoms with Gasteiger partial charge in [-0.15, -0.1) is 0 Å². The van der Waals surface area contributed by atoms with Crippen LogP contribution in [0.1, 0.15) is 28.9 Å². The molecule has 0 aliphatic rings. The highest BCUT2D eigenvalue weighted by molar-refractivity contribution is 5.95. The Balaban J connectivity index is 2.13. The van der Waals surface area contributed by atoms with Gasteiger partial charge in [0.2, 0.25) is 0 Å². The summed E-state index contributed by atoms with van der Waals surface area (Å²) in [6.45, 7) is 1.95. The molecule has 0 radical (unpaired) electrons. The van der Waals surface area contributed by atoms with E-state index in [2.05, 4.69) is 5.32 Å². The summed E-state index contributed by atoms with van der Waals surface area (Å²) in [6.07, 6.45) is 0. The largest absolute Gasteiger partial charge is 0.493 e. The SMILES string of the molecule is COc1ccc(C(=O)N[C@H](C)c2ccccc2)cc1OC. The molecule has 0 heterocycles. The summed E-state index contributed by atoms with van der Waals surface area (Å²) in [6, 6.07) is 14.9. The highest BCUT2D eigenvalue weighted by atomic mass is 16.5. The Bertz CT molecular complexity index is 611. The van der Waals surface area contributed by atoms with E-state index in [1.165, 1.54) is 0 Å². The fourth-order valence-electron chi connectivity index (χ4n) is 2.08. The van der Waals surface area contributed by atoms with Crippen molar-refractivity contribution in [3.8, 4) is 11.5 Å². The van der Waals surface area contributed by atoms with E-state index in [-0.39, 0.29) is 11.9 Å². The molecule has 0 saturated heterocycles. The second kappa shape index (κ2) is 6.79. The first-order chi connectivity index (χ1) is 10.2. The van der Waals surface area contributed by atoms with Crippen LogP contribution in [0.15, 0.2) is 48.5 Å². The van der Waals surface area contributed by atoms with Crippen LogP contribution in [0.25, 0.3) is 0 Å². The number of benzene rings is 2. The van der Waals surface area contributed by atoms with E-state index in [9.17, 15) is 4.79 Å². The Morgan fingerprint density at radius 3 is 2.29 bits per heavy atom. The van der Waals surface area contributed by atoms with E-state index in [0.29, 0.717) is 17.1 Å². The summed E-state index contributed by atoms with van der Waals surface area (Å²) in [5, 5.41) is 2.97. The lowest BCUT2D eigenvalue weighted by molar-refractivity contribution is 0.0939. The highest BCUT2D eigenvalue weighted by Gasteiger charge is 2.13. The van der Waals surface area contributed by atoms with E-state index in [4.69, 9.17) is 9.47 Å². The molecule has 110 valence electrons. The van der Waals surface area contributed by atoms with Gasteiger partial charge in [0.1, 0.15) is 0 Å². The van der Waals surface area contributed by atoms with E-state index < -0.39 is 0 Å². The minimum Gasteiger partial charge on any atom is -0.493 e. The maximum Gasteiger partial charge on any atom is 0.251 e. The van der Waals surface area contributed by atoms with Crippen LogP contribution < -0.4 is 14.8 Å². The van der Waals surface area contributed by atoms with E-state index in [0.717, 1.165) is 5.56 Å². The summed E-state index contributed by atoms with van der Waals surface area (Å²) >= 11 is 0. The number of amides is 1. The van der Waals surface area contributed by atoms with Gasteiger partial charge in [0, 0.05) is 5.56 Å². The number of methoxy groups -OCH3 is 2. The first-order valence-electron chi connectivity index (χ1n) is 6.73. The van der Waals surface area contributed by atoms with Gasteiger partial charge in [0.05, 0.1) is 20.3 Å². The molecule has 1 atom stereocenters. The van der Waals surface area contributed by atoms with Gasteiger partial charge in [-0.3, -0.25) is 4.79 Å². The number of carbonyl (C=O) groups is 1. The van der Waals surface area contributed by atoms with Crippen molar-refractivity contribution in [2.45, 2.75) is 13.0 Å². The van der Waals surface area contributed by atoms with Gasteiger partial charge >= 0.3 is 0 Å². The quantitative estimate of drug-likeness (QED) is 0.917. The zero-order valence-electron chi connectivity index (χ0n) is 12.4. The Labute approximate surface area is 124 Å². The third kappa shape index (κ3) is 3.54. The smallest absolute Gasteiger partial charge is 0.251 e. The van der Waals surface area contributed by atoms with Gasteiger partial charge in [-0.1, -0.05) is 30.3 Å². The van der Waals surface area contributed by atoms with E-state index >= 15 is 0 Å². The zero-order valence-corrected chi connectivity index (χ0v) is 12.4. The predicted octanol–water partition coefficient (Wildman–Crippen LogP) is 3.19. The van der Waals surface area contributed by atoms with Crippen molar-refractivity contribution >= 4 is 5.91 Å². The average molecular weight is 285 g/mol. The van der Waals surface area contributed by atoms with E-state index in [1.54, 1.807) is 32.4 Å². The molecule has 4 nitrogen and oxygen atoms in total. The summed E-state index contributed by atoms with van der Waals surface area (Å²) in [5.74, 6) is 0.995. The minimum atomic E-state index is -0.146. The summed E-state index contributed by atoms with van der Waals surface area (Å²) < 4.78 is 10.4. The molecule has 0 fully saturated rings. The molecule has 1 N–H and O–H groups in total. The highest BCUT2D eigenvalue weighted by Crippen LogP contribution is 2.27. The average Bonchev–Trinajstić information content (AvgIpc) is 2.54. The number of hydrogen-bond donors (Lipinski definition) is 1. The molecule has 2 aromatic carbocycles. The fourth-order valence-corrected chi connectivity index (χ4v) is 2.08. The molecule has 0 aliphatic carbocycles. The molecule has 0 aromatic heterocycles. The van der Waals surface area contributed by atoms with Crippen LogP contribution in [0.4, 0.5) is 0 Å². The van der Waals surface area contributed by atoms with Crippen LogP contribution in [0.5, 0.6) is 11.5 Å². The lowest BCUT2D eigenvalue weighted by atomic mass is 10.1. The molecule has 2 aromatic rings.